The Balaban J connectivity index is 1.62. The molecule has 2 fully saturated rings. The molecule has 3 N–H and O–H groups in total. The van der Waals surface area contributed by atoms with Gasteiger partial charge in [-0.2, -0.15) is 0 Å². The molecule has 2 aromatic carbocycles. The van der Waals surface area contributed by atoms with Gasteiger partial charge in [-0.05, 0) is 31.2 Å². The van der Waals surface area contributed by atoms with E-state index in [-0.39, 0.29) is 6.54 Å². The number of carbonyl (C=O) groups is 3. The number of anilines is 1. The van der Waals surface area contributed by atoms with E-state index in [2.05, 4.69) is 10.6 Å². The van der Waals surface area contributed by atoms with E-state index in [1.165, 1.54) is 12.0 Å². The predicted molar refractivity (Wildman–Crippen MR) is 116 cm³/mol. The zero-order valence-corrected chi connectivity index (χ0v) is 18.2. The number of methoxy groups -OCH3 is 1. The Labute approximate surface area is 189 Å². The lowest BCUT2D eigenvalue weighted by Crippen LogP contribution is -2.54. The van der Waals surface area contributed by atoms with Gasteiger partial charge in [0.15, 0.2) is 0 Å². The highest BCUT2D eigenvalue weighted by atomic mass is 35.5. The fraction of sp³-hybridized carbons (Fsp3) is 0.348. The third kappa shape index (κ3) is 2.73. The molecular weight excluding hydrogens is 434 g/mol. The topological polar surface area (TPSA) is 108 Å². The molecule has 1 spiro atoms. The van der Waals surface area contributed by atoms with Crippen LogP contribution in [0.5, 0.6) is 5.75 Å². The van der Waals surface area contributed by atoms with E-state index in [0.29, 0.717) is 27.6 Å². The number of ether oxygens (including phenoxy) is 1. The van der Waals surface area contributed by atoms with Crippen LogP contribution in [0.4, 0.5) is 5.69 Å². The number of aliphatic hydroxyl groups excluding tert-OH is 1. The normalized spacial score (nSPS) is 29.3. The first kappa shape index (κ1) is 20.9. The highest BCUT2D eigenvalue weighted by Crippen LogP contribution is 2.54. The van der Waals surface area contributed by atoms with Gasteiger partial charge in [-0.3, -0.25) is 24.6 Å². The summed E-state index contributed by atoms with van der Waals surface area (Å²) in [6.45, 7) is 1.56. The van der Waals surface area contributed by atoms with Crippen molar-refractivity contribution in [2.45, 2.75) is 31.2 Å². The van der Waals surface area contributed by atoms with Crippen LogP contribution in [0.15, 0.2) is 42.5 Å². The number of benzene rings is 2. The van der Waals surface area contributed by atoms with E-state index in [1.54, 1.807) is 49.4 Å². The quantitative estimate of drug-likeness (QED) is 0.605. The monoisotopic (exact) mass is 455 g/mol. The Kier molecular flexibility index (Phi) is 4.77. The maximum Gasteiger partial charge on any atom is 0.250 e. The SMILES string of the molecule is COc1ccccc1CN1C(=O)[C@@H]2[C@@H]([C@H](C)O)N[C@@]3(C(=O)Nc4ccc(Cl)cc43)[C@H]2C1=O. The van der Waals surface area contributed by atoms with Crippen molar-refractivity contribution in [2.75, 3.05) is 12.4 Å². The van der Waals surface area contributed by atoms with Crippen LogP contribution in [0.1, 0.15) is 18.1 Å². The van der Waals surface area contributed by atoms with E-state index in [4.69, 9.17) is 16.3 Å². The number of hydrogen-bond donors (Lipinski definition) is 3. The van der Waals surface area contributed by atoms with E-state index >= 15 is 0 Å². The number of imide groups is 1. The van der Waals surface area contributed by atoms with Crippen LogP contribution in [-0.2, 0) is 26.5 Å². The summed E-state index contributed by atoms with van der Waals surface area (Å²) in [5.74, 6) is -2.68. The number of amides is 3. The van der Waals surface area contributed by atoms with Gasteiger partial charge in [-0.25, -0.2) is 0 Å². The minimum atomic E-state index is -1.49. The van der Waals surface area contributed by atoms with Crippen molar-refractivity contribution >= 4 is 35.0 Å². The zero-order valence-electron chi connectivity index (χ0n) is 17.5. The minimum absolute atomic E-state index is 0.0152. The second-order valence-corrected chi connectivity index (χ2v) is 8.88. The predicted octanol–water partition coefficient (Wildman–Crippen LogP) is 1.65. The lowest BCUT2D eigenvalue weighted by molar-refractivity contribution is -0.143. The molecule has 3 heterocycles. The molecule has 5 atom stereocenters. The number of hydrogen-bond acceptors (Lipinski definition) is 6. The lowest BCUT2D eigenvalue weighted by atomic mass is 9.76. The summed E-state index contributed by atoms with van der Waals surface area (Å²) in [4.78, 5) is 41.7. The number of nitrogens with zero attached hydrogens (tertiary/aromatic N) is 1. The summed E-state index contributed by atoms with van der Waals surface area (Å²) < 4.78 is 5.37. The summed E-state index contributed by atoms with van der Waals surface area (Å²) in [7, 11) is 1.52. The van der Waals surface area contributed by atoms with Crippen molar-refractivity contribution in [3.05, 3.63) is 58.6 Å². The van der Waals surface area contributed by atoms with Gasteiger partial charge >= 0.3 is 0 Å². The number of likely N-dealkylation sites (tertiary alicyclic amines) is 1. The second-order valence-electron chi connectivity index (χ2n) is 8.44. The maximum absolute atomic E-state index is 13.7. The van der Waals surface area contributed by atoms with E-state index in [9.17, 15) is 19.5 Å². The summed E-state index contributed by atoms with van der Waals surface area (Å²) >= 11 is 6.22. The smallest absolute Gasteiger partial charge is 0.250 e. The molecule has 2 aromatic rings. The maximum atomic E-state index is 13.7. The van der Waals surface area contributed by atoms with E-state index < -0.39 is 47.2 Å². The number of rotatable bonds is 4. The van der Waals surface area contributed by atoms with Crippen LogP contribution in [0.25, 0.3) is 0 Å². The van der Waals surface area contributed by atoms with Crippen LogP contribution >= 0.6 is 11.6 Å². The number of aliphatic hydroxyl groups is 1. The molecule has 5 rings (SSSR count). The Bertz CT molecular complexity index is 1150. The van der Waals surface area contributed by atoms with Gasteiger partial charge in [0, 0.05) is 27.9 Å². The molecule has 2 saturated heterocycles. The van der Waals surface area contributed by atoms with Crippen LogP contribution in [0.3, 0.4) is 0 Å². The molecule has 0 unspecified atom stereocenters. The number of fused-ring (bicyclic) bond motifs is 4. The summed E-state index contributed by atoms with van der Waals surface area (Å²) in [6, 6.07) is 11.3. The van der Waals surface area contributed by atoms with Crippen LogP contribution in [-0.4, -0.2) is 47.0 Å². The minimum Gasteiger partial charge on any atom is -0.496 e. The molecule has 0 radical (unpaired) electrons. The van der Waals surface area contributed by atoms with Crippen molar-refractivity contribution < 1.29 is 24.2 Å². The van der Waals surface area contributed by atoms with Gasteiger partial charge in [-0.1, -0.05) is 29.8 Å². The first-order chi connectivity index (χ1) is 15.3. The van der Waals surface area contributed by atoms with Gasteiger partial charge < -0.3 is 15.2 Å². The van der Waals surface area contributed by atoms with Crippen molar-refractivity contribution in [3.8, 4) is 5.75 Å². The summed E-state index contributed by atoms with van der Waals surface area (Å²) in [5.41, 5.74) is 0.217. The number of para-hydroxylation sites is 1. The van der Waals surface area contributed by atoms with Gasteiger partial charge in [-0.15, -0.1) is 0 Å². The highest BCUT2D eigenvalue weighted by Gasteiger charge is 2.71. The van der Waals surface area contributed by atoms with Crippen LogP contribution < -0.4 is 15.4 Å². The zero-order chi connectivity index (χ0) is 22.8. The van der Waals surface area contributed by atoms with Crippen molar-refractivity contribution in [1.29, 1.82) is 0 Å². The lowest BCUT2D eigenvalue weighted by Gasteiger charge is -2.30. The average molecular weight is 456 g/mol. The third-order valence-electron chi connectivity index (χ3n) is 6.74. The Morgan fingerprint density at radius 3 is 2.66 bits per heavy atom. The largest absolute Gasteiger partial charge is 0.496 e. The van der Waals surface area contributed by atoms with Crippen molar-refractivity contribution in [3.63, 3.8) is 0 Å². The van der Waals surface area contributed by atoms with Gasteiger partial charge in [0.1, 0.15) is 11.3 Å². The molecule has 3 aliphatic heterocycles. The number of carbonyl (C=O) groups excluding carboxylic acids is 3. The van der Waals surface area contributed by atoms with E-state index in [1.807, 2.05) is 0 Å². The fourth-order valence-corrected chi connectivity index (χ4v) is 5.51. The first-order valence-corrected chi connectivity index (χ1v) is 10.7. The standard InChI is InChI=1S/C23H22ClN3O5/c1-11(28)19-17-18(23(26-19)14-9-13(24)7-8-15(14)25-22(23)31)21(30)27(20(17)29)10-12-5-3-4-6-16(12)32-2/h3-9,11,17-19,26,28H,10H2,1-2H3,(H,25,31)/t11-,17-,18+,19+,23+/m0/s1. The van der Waals surface area contributed by atoms with Crippen molar-refractivity contribution in [2.24, 2.45) is 11.8 Å². The Hall–Kier alpha value is -2.94. The fourth-order valence-electron chi connectivity index (χ4n) is 5.34. The molecule has 9 heteroatoms. The number of nitrogens with one attached hydrogen (secondary N) is 2. The summed E-state index contributed by atoms with van der Waals surface area (Å²) in [5, 5.41) is 16.8. The second kappa shape index (κ2) is 7.30. The highest BCUT2D eigenvalue weighted by molar-refractivity contribution is 6.31. The molecule has 32 heavy (non-hydrogen) atoms. The Morgan fingerprint density at radius 1 is 1.19 bits per heavy atom. The molecule has 0 aromatic heterocycles. The average Bonchev–Trinajstić information content (AvgIpc) is 3.35. The van der Waals surface area contributed by atoms with Gasteiger partial charge in [0.05, 0.1) is 31.6 Å². The van der Waals surface area contributed by atoms with Crippen LogP contribution in [0.2, 0.25) is 5.02 Å². The molecule has 3 aliphatic rings. The molecule has 8 nitrogen and oxygen atoms in total. The molecular formula is C23H22ClN3O5. The number of halogens is 1. The van der Waals surface area contributed by atoms with Gasteiger partial charge in [0.25, 0.3) is 0 Å². The molecule has 0 bridgehead atoms. The van der Waals surface area contributed by atoms with E-state index in [0.717, 1.165) is 0 Å². The van der Waals surface area contributed by atoms with Gasteiger partial charge in [0.2, 0.25) is 17.7 Å². The van der Waals surface area contributed by atoms with Crippen molar-refractivity contribution in [1.82, 2.24) is 10.2 Å². The third-order valence-corrected chi connectivity index (χ3v) is 6.98. The molecule has 0 saturated carbocycles. The van der Waals surface area contributed by atoms with Crippen LogP contribution in [0, 0.1) is 11.8 Å². The molecule has 166 valence electrons. The molecule has 0 aliphatic carbocycles. The molecule has 3 amide bonds. The summed E-state index contributed by atoms with van der Waals surface area (Å²) in [6.07, 6.45) is -0.971. The Morgan fingerprint density at radius 2 is 1.94 bits per heavy atom. The first-order valence-electron chi connectivity index (χ1n) is 10.3.